The summed E-state index contributed by atoms with van der Waals surface area (Å²) in [5.74, 6) is 0.767. The van der Waals surface area contributed by atoms with Crippen LogP contribution in [0.15, 0.2) is 205 Å². The van der Waals surface area contributed by atoms with Gasteiger partial charge in [-0.2, -0.15) is 0 Å². The first-order valence-electron chi connectivity index (χ1n) is 23.0. The van der Waals surface area contributed by atoms with Crippen molar-refractivity contribution in [2.45, 2.75) is 0 Å². The average molecular weight is 900 g/mol. The molecule has 0 unspecified atom stereocenters. The summed E-state index contributed by atoms with van der Waals surface area (Å²) in [5, 5.41) is 16.4. The van der Waals surface area contributed by atoms with E-state index in [1.165, 1.54) is 62.2 Å². The lowest BCUT2D eigenvalue weighted by Gasteiger charge is -2.15. The van der Waals surface area contributed by atoms with Crippen LogP contribution in [-0.4, -0.2) is 14.5 Å². The Kier molecular flexibility index (Phi) is 7.34. The molecular formula is C62H33N3OS2. The second-order valence-corrected chi connectivity index (χ2v) is 20.2. The van der Waals surface area contributed by atoms with E-state index in [1.807, 2.05) is 22.7 Å². The van der Waals surface area contributed by atoms with Gasteiger partial charge in [0.05, 0.1) is 22.1 Å². The topological polar surface area (TPSA) is 43.9 Å². The van der Waals surface area contributed by atoms with E-state index in [-0.39, 0.29) is 0 Å². The molecule has 0 atom stereocenters. The van der Waals surface area contributed by atoms with Crippen LogP contribution in [0, 0.1) is 0 Å². The van der Waals surface area contributed by atoms with E-state index in [0.29, 0.717) is 0 Å². The van der Waals surface area contributed by atoms with Crippen molar-refractivity contribution in [3.63, 3.8) is 0 Å². The Morgan fingerprint density at radius 2 is 0.971 bits per heavy atom. The zero-order valence-corrected chi connectivity index (χ0v) is 37.8. The van der Waals surface area contributed by atoms with Crippen LogP contribution < -0.4 is 0 Å². The Bertz CT molecular complexity index is 4880. The molecule has 16 rings (SSSR count). The van der Waals surface area contributed by atoms with Gasteiger partial charge < -0.3 is 4.42 Å². The quantitative estimate of drug-likeness (QED) is 0.166. The highest BCUT2D eigenvalue weighted by molar-refractivity contribution is 7.26. The second-order valence-electron chi connectivity index (χ2n) is 18.0. The van der Waals surface area contributed by atoms with Crippen LogP contribution in [0.4, 0.5) is 0 Å². The molecule has 6 heteroatoms. The Morgan fingerprint density at radius 3 is 1.75 bits per heavy atom. The minimum Gasteiger partial charge on any atom is -0.454 e. The lowest BCUT2D eigenvalue weighted by Crippen LogP contribution is -2.04. The van der Waals surface area contributed by atoms with Crippen LogP contribution in [0.25, 0.3) is 156 Å². The number of aromatic nitrogens is 3. The zero-order valence-electron chi connectivity index (χ0n) is 36.1. The molecule has 0 radical (unpaired) electrons. The number of rotatable bonds is 3. The van der Waals surface area contributed by atoms with Crippen LogP contribution in [0.2, 0.25) is 0 Å². The fourth-order valence-electron chi connectivity index (χ4n) is 11.2. The van der Waals surface area contributed by atoms with Gasteiger partial charge in [-0.3, -0.25) is 4.57 Å². The Balaban J connectivity index is 1.00. The molecule has 0 N–H and O–H groups in total. The highest BCUT2D eigenvalue weighted by Gasteiger charge is 2.26. The van der Waals surface area contributed by atoms with Gasteiger partial charge in [-0.1, -0.05) is 146 Å². The van der Waals surface area contributed by atoms with Crippen molar-refractivity contribution in [1.82, 2.24) is 14.5 Å². The highest BCUT2D eigenvalue weighted by atomic mass is 32.1. The average Bonchev–Trinajstić information content (AvgIpc) is 4.16. The summed E-state index contributed by atoms with van der Waals surface area (Å²) in [5.41, 5.74) is 9.68. The number of furan rings is 1. The Morgan fingerprint density at radius 1 is 0.382 bits per heavy atom. The molecule has 4 nitrogen and oxygen atoms in total. The molecule has 0 aliphatic carbocycles. The first-order valence-corrected chi connectivity index (χ1v) is 24.6. The molecule has 0 spiro atoms. The van der Waals surface area contributed by atoms with Crippen molar-refractivity contribution in [2.75, 3.05) is 0 Å². The van der Waals surface area contributed by atoms with E-state index < -0.39 is 0 Å². The number of thiophene rings is 2. The molecule has 5 aromatic heterocycles. The van der Waals surface area contributed by atoms with Crippen LogP contribution in [-0.2, 0) is 0 Å². The van der Waals surface area contributed by atoms with Crippen molar-refractivity contribution in [3.8, 4) is 28.2 Å². The summed E-state index contributed by atoms with van der Waals surface area (Å²) >= 11 is 3.68. The third-order valence-corrected chi connectivity index (χ3v) is 16.6. The summed E-state index contributed by atoms with van der Waals surface area (Å²) in [6.07, 6.45) is 0. The monoisotopic (exact) mass is 899 g/mol. The second kappa shape index (κ2) is 13.6. The Hall–Kier alpha value is -8.42. The molecule has 0 amide bonds. The van der Waals surface area contributed by atoms with E-state index in [4.69, 9.17) is 14.4 Å². The first kappa shape index (κ1) is 36.8. The maximum atomic E-state index is 7.29. The summed E-state index contributed by atoms with van der Waals surface area (Å²) in [6, 6.07) is 72.8. The van der Waals surface area contributed by atoms with Crippen molar-refractivity contribution < 1.29 is 4.42 Å². The van der Waals surface area contributed by atoms with E-state index in [1.54, 1.807) is 0 Å². The molecular weight excluding hydrogens is 867 g/mol. The van der Waals surface area contributed by atoms with Gasteiger partial charge in [0.15, 0.2) is 11.4 Å². The van der Waals surface area contributed by atoms with Gasteiger partial charge in [0, 0.05) is 72.8 Å². The van der Waals surface area contributed by atoms with Crippen LogP contribution >= 0.6 is 22.7 Å². The third kappa shape index (κ3) is 5.08. The van der Waals surface area contributed by atoms with Crippen LogP contribution in [0.5, 0.6) is 0 Å². The lowest BCUT2D eigenvalue weighted by molar-refractivity contribution is 0.671. The smallest absolute Gasteiger partial charge is 0.165 e. The van der Waals surface area contributed by atoms with E-state index in [9.17, 15) is 0 Å². The molecule has 0 saturated heterocycles. The number of benzene rings is 11. The van der Waals surface area contributed by atoms with Crippen molar-refractivity contribution in [2.24, 2.45) is 0 Å². The number of fused-ring (bicyclic) bond motifs is 20. The molecule has 314 valence electrons. The summed E-state index contributed by atoms with van der Waals surface area (Å²) in [7, 11) is 0. The normalized spacial score (nSPS) is 12.4. The number of hydrogen-bond acceptors (Lipinski definition) is 5. The van der Waals surface area contributed by atoms with Gasteiger partial charge in [-0.15, -0.1) is 22.7 Å². The van der Waals surface area contributed by atoms with Crippen LogP contribution in [0.3, 0.4) is 0 Å². The SMILES string of the molecule is c1ccc2c(c1)ccc1nc(-c3ccc4c(c3)sc3ccccc34)c(-n3c4ccccc4c4c5ccccc5c5c6cc7cc(-c8ccc9c(c8)sc8ccccc89)ccc7cc6oc5c43)nc12. The van der Waals surface area contributed by atoms with Gasteiger partial charge in [-0.25, -0.2) is 9.97 Å². The van der Waals surface area contributed by atoms with Gasteiger partial charge in [0.2, 0.25) is 0 Å². The molecule has 0 aliphatic heterocycles. The van der Waals surface area contributed by atoms with Crippen molar-refractivity contribution in [1.29, 1.82) is 0 Å². The molecule has 5 heterocycles. The van der Waals surface area contributed by atoms with Gasteiger partial charge >= 0.3 is 0 Å². The third-order valence-electron chi connectivity index (χ3n) is 14.3. The molecule has 0 aliphatic rings. The highest BCUT2D eigenvalue weighted by Crippen LogP contribution is 2.48. The van der Waals surface area contributed by atoms with E-state index in [0.717, 1.165) is 93.4 Å². The lowest BCUT2D eigenvalue weighted by atomic mass is 9.96. The minimum atomic E-state index is 0.767. The molecule has 16 aromatic rings. The summed E-state index contributed by atoms with van der Waals surface area (Å²) in [6.45, 7) is 0. The van der Waals surface area contributed by atoms with Crippen LogP contribution in [0.1, 0.15) is 0 Å². The number of hydrogen-bond donors (Lipinski definition) is 0. The largest absolute Gasteiger partial charge is 0.454 e. The number of para-hydroxylation sites is 1. The minimum absolute atomic E-state index is 0.767. The van der Waals surface area contributed by atoms with E-state index in [2.05, 4.69) is 205 Å². The molecule has 11 aromatic carbocycles. The van der Waals surface area contributed by atoms with Crippen molar-refractivity contribution >= 4 is 150 Å². The number of nitrogens with zero attached hydrogens (tertiary/aromatic N) is 3. The summed E-state index contributed by atoms with van der Waals surface area (Å²) < 4.78 is 14.8. The first-order chi connectivity index (χ1) is 33.7. The predicted molar refractivity (Wildman–Crippen MR) is 290 cm³/mol. The van der Waals surface area contributed by atoms with E-state index >= 15 is 0 Å². The predicted octanol–water partition coefficient (Wildman–Crippen LogP) is 18.2. The van der Waals surface area contributed by atoms with Gasteiger partial charge in [0.1, 0.15) is 11.3 Å². The zero-order chi connectivity index (χ0) is 44.2. The van der Waals surface area contributed by atoms with Gasteiger partial charge in [0.25, 0.3) is 0 Å². The molecule has 0 saturated carbocycles. The maximum absolute atomic E-state index is 7.29. The fraction of sp³-hybridized carbons (Fsp3) is 0. The fourth-order valence-corrected chi connectivity index (χ4v) is 13.5. The molecule has 0 fully saturated rings. The van der Waals surface area contributed by atoms with Crippen molar-refractivity contribution in [3.05, 3.63) is 200 Å². The van der Waals surface area contributed by atoms with Gasteiger partial charge in [-0.05, 0) is 92.7 Å². The maximum Gasteiger partial charge on any atom is 0.165 e. The summed E-state index contributed by atoms with van der Waals surface area (Å²) in [4.78, 5) is 11.4. The molecule has 0 bridgehead atoms. The Labute approximate surface area is 395 Å². The molecule has 68 heavy (non-hydrogen) atoms. The standard InChI is InChI=1S/C62H33N3OS2/c1-2-12-40-34(11-1)25-28-49-59(40)64-62(58(63-49)38-24-27-44-42-14-7-10-20-53(42)68-55(44)33-38)65-50-18-8-5-17-47(50)56-45-15-3-4-16-46(45)57-48-30-39-29-35(21-22-36(39)31-51(48)66-61(57)60(56)65)37-23-26-43-41-13-6-9-19-52(41)67-54(43)32-37/h1-33H.